The maximum absolute atomic E-state index is 14.1. The first-order chi connectivity index (χ1) is 22.1. The molecule has 0 atom stereocenters. The zero-order valence-corrected chi connectivity index (χ0v) is 26.4. The molecule has 0 saturated heterocycles. The lowest BCUT2D eigenvalue weighted by Gasteiger charge is -2.31. The summed E-state index contributed by atoms with van der Waals surface area (Å²) in [6, 6.07) is 23.7. The van der Waals surface area contributed by atoms with Crippen molar-refractivity contribution in [2.45, 2.75) is 95.6 Å². The summed E-state index contributed by atoms with van der Waals surface area (Å²) in [6.45, 7) is 3.13. The maximum atomic E-state index is 14.1. The van der Waals surface area contributed by atoms with Gasteiger partial charge in [0.2, 0.25) is 0 Å². The van der Waals surface area contributed by atoms with Crippen LogP contribution in [-0.2, 0) is 28.0 Å². The number of aryl methyl sites for hydroxylation is 2. The van der Waals surface area contributed by atoms with Crippen LogP contribution in [0.1, 0.15) is 110 Å². The summed E-state index contributed by atoms with van der Waals surface area (Å²) in [5, 5.41) is 4.84. The molecular formula is C40H44N2O3. The number of hydrogen-bond donors (Lipinski definition) is 1. The molecule has 1 aliphatic heterocycles. The van der Waals surface area contributed by atoms with E-state index >= 15 is 0 Å². The molecule has 45 heavy (non-hydrogen) atoms. The number of carbonyl (C=O) groups is 2. The summed E-state index contributed by atoms with van der Waals surface area (Å²) < 4.78 is 7.54. The lowest BCUT2D eigenvalue weighted by atomic mass is 9.81. The average Bonchev–Trinajstić information content (AvgIpc) is 3.62. The molecule has 5 nitrogen and oxygen atoms in total. The Labute approximate surface area is 266 Å². The summed E-state index contributed by atoms with van der Waals surface area (Å²) in [5.41, 5.74) is 9.32. The number of esters is 1. The fourth-order valence-corrected chi connectivity index (χ4v) is 8.26. The Morgan fingerprint density at radius 2 is 1.71 bits per heavy atom. The van der Waals surface area contributed by atoms with E-state index in [1.165, 1.54) is 71.5 Å². The molecule has 2 fully saturated rings. The molecule has 0 bridgehead atoms. The summed E-state index contributed by atoms with van der Waals surface area (Å²) in [6.07, 6.45) is 15.8. The largest absolute Gasteiger partial charge is 0.463 e. The molecule has 7 rings (SSSR count). The zero-order valence-electron chi connectivity index (χ0n) is 26.4. The number of fused-ring (bicyclic) bond motifs is 5. The van der Waals surface area contributed by atoms with E-state index in [9.17, 15) is 9.59 Å². The monoisotopic (exact) mass is 600 g/mol. The minimum absolute atomic E-state index is 0.00567. The molecule has 0 spiro atoms. The molecule has 0 radical (unpaired) electrons. The van der Waals surface area contributed by atoms with Crippen LogP contribution in [0.15, 0.2) is 72.8 Å². The van der Waals surface area contributed by atoms with Gasteiger partial charge in [-0.2, -0.15) is 0 Å². The summed E-state index contributed by atoms with van der Waals surface area (Å²) in [7, 11) is 0. The van der Waals surface area contributed by atoms with Gasteiger partial charge in [-0.1, -0.05) is 86.7 Å². The van der Waals surface area contributed by atoms with Gasteiger partial charge in [0.05, 0.1) is 17.8 Å². The highest BCUT2D eigenvalue weighted by molar-refractivity contribution is 6.01. The van der Waals surface area contributed by atoms with Gasteiger partial charge in [0.25, 0.3) is 5.91 Å². The van der Waals surface area contributed by atoms with Crippen molar-refractivity contribution in [2.75, 3.05) is 6.61 Å². The van der Waals surface area contributed by atoms with Crippen LogP contribution in [0, 0.1) is 0 Å². The van der Waals surface area contributed by atoms with Crippen molar-refractivity contribution in [3.8, 4) is 11.3 Å². The standard InChI is InChI=1S/C40H44N2O3/c1-2-45-36(43)23-18-28-16-20-32(21-17-28)40(24-8-9-25-40)41-39(44)31-19-22-34-35(27-31)42-26-10-14-29-11-6-7-15-33(29)38(42)37(34)30-12-4-3-5-13-30/h6-7,11,15-23,27,30H,2-5,8-10,12-14,24-26H2,1H3,(H,41,44)/b23-18+. The zero-order chi connectivity index (χ0) is 30.8. The Hall–Kier alpha value is -4.12. The second-order valence-corrected chi connectivity index (χ2v) is 13.2. The van der Waals surface area contributed by atoms with Gasteiger partial charge in [0.1, 0.15) is 0 Å². The highest BCUT2D eigenvalue weighted by atomic mass is 16.5. The number of rotatable bonds is 7. The second kappa shape index (κ2) is 12.7. The van der Waals surface area contributed by atoms with Gasteiger partial charge in [-0.25, -0.2) is 4.79 Å². The minimum atomic E-state index is -0.391. The molecule has 1 amide bonds. The van der Waals surface area contributed by atoms with Crippen LogP contribution in [0.25, 0.3) is 28.2 Å². The van der Waals surface area contributed by atoms with Crippen molar-refractivity contribution >= 4 is 28.9 Å². The van der Waals surface area contributed by atoms with E-state index in [0.717, 1.165) is 61.8 Å². The number of ether oxygens (including phenoxy) is 1. The Bertz CT molecular complexity index is 1730. The van der Waals surface area contributed by atoms with Crippen LogP contribution in [0.4, 0.5) is 0 Å². The molecule has 0 unspecified atom stereocenters. The number of amides is 1. The van der Waals surface area contributed by atoms with Gasteiger partial charge in [-0.05, 0) is 91.8 Å². The molecule has 4 aromatic rings. The van der Waals surface area contributed by atoms with Crippen LogP contribution in [0.5, 0.6) is 0 Å². The van der Waals surface area contributed by atoms with Crippen molar-refractivity contribution < 1.29 is 14.3 Å². The molecular weight excluding hydrogens is 556 g/mol. The lowest BCUT2D eigenvalue weighted by Crippen LogP contribution is -2.43. The third kappa shape index (κ3) is 5.74. The third-order valence-corrected chi connectivity index (χ3v) is 10.5. The Morgan fingerprint density at radius 3 is 2.49 bits per heavy atom. The number of hydrogen-bond acceptors (Lipinski definition) is 3. The quantitative estimate of drug-likeness (QED) is 0.170. The first-order valence-corrected chi connectivity index (χ1v) is 17.1. The van der Waals surface area contributed by atoms with Gasteiger partial charge in [-0.3, -0.25) is 4.79 Å². The fraction of sp³-hybridized carbons (Fsp3) is 0.400. The van der Waals surface area contributed by atoms with Crippen LogP contribution in [-0.4, -0.2) is 23.1 Å². The fourth-order valence-electron chi connectivity index (χ4n) is 8.26. The van der Waals surface area contributed by atoms with Gasteiger partial charge < -0.3 is 14.6 Å². The predicted molar refractivity (Wildman–Crippen MR) is 181 cm³/mol. The normalized spacial score (nSPS) is 18.0. The molecule has 1 N–H and O–H groups in total. The van der Waals surface area contributed by atoms with Crippen molar-refractivity contribution in [2.24, 2.45) is 0 Å². The summed E-state index contributed by atoms with van der Waals surface area (Å²) in [5.74, 6) is 0.224. The van der Waals surface area contributed by atoms with E-state index in [0.29, 0.717) is 12.5 Å². The van der Waals surface area contributed by atoms with Gasteiger partial charge >= 0.3 is 5.97 Å². The second-order valence-electron chi connectivity index (χ2n) is 13.2. The third-order valence-electron chi connectivity index (χ3n) is 10.5. The molecule has 232 valence electrons. The first kappa shape index (κ1) is 29.6. The molecule has 5 heteroatoms. The van der Waals surface area contributed by atoms with Crippen LogP contribution < -0.4 is 5.32 Å². The smallest absolute Gasteiger partial charge is 0.330 e. The average molecular weight is 601 g/mol. The van der Waals surface area contributed by atoms with Crippen LogP contribution in [0.2, 0.25) is 0 Å². The van der Waals surface area contributed by atoms with E-state index in [2.05, 4.69) is 64.5 Å². The van der Waals surface area contributed by atoms with Gasteiger partial charge in [-0.15, -0.1) is 0 Å². The highest BCUT2D eigenvalue weighted by Crippen LogP contribution is 2.46. The van der Waals surface area contributed by atoms with Crippen molar-refractivity contribution in [1.82, 2.24) is 9.88 Å². The number of benzene rings is 3. The van der Waals surface area contributed by atoms with E-state index in [1.807, 2.05) is 12.1 Å². The minimum Gasteiger partial charge on any atom is -0.463 e. The molecule has 3 aromatic carbocycles. The number of nitrogens with zero attached hydrogens (tertiary/aromatic N) is 1. The van der Waals surface area contributed by atoms with Crippen LogP contribution in [0.3, 0.4) is 0 Å². The number of nitrogens with one attached hydrogen (secondary N) is 1. The number of aromatic nitrogens is 1. The Kier molecular flexibility index (Phi) is 8.35. The van der Waals surface area contributed by atoms with E-state index in [4.69, 9.17) is 4.74 Å². The highest BCUT2D eigenvalue weighted by Gasteiger charge is 2.37. The SMILES string of the molecule is CCOC(=O)/C=C/c1ccc(C2(NC(=O)c3ccc4c(C5CCCCC5)c5n(c4c3)CCCc3ccccc3-5)CCCC2)cc1. The maximum Gasteiger partial charge on any atom is 0.330 e. The molecule has 2 heterocycles. The van der Waals surface area contributed by atoms with Crippen LogP contribution >= 0.6 is 0 Å². The summed E-state index contributed by atoms with van der Waals surface area (Å²) >= 11 is 0. The van der Waals surface area contributed by atoms with Crippen molar-refractivity contribution in [3.05, 3.63) is 101 Å². The molecule has 3 aliphatic rings. The van der Waals surface area contributed by atoms with Crippen molar-refractivity contribution in [1.29, 1.82) is 0 Å². The van der Waals surface area contributed by atoms with Gasteiger partial charge in [0, 0.05) is 34.7 Å². The predicted octanol–water partition coefficient (Wildman–Crippen LogP) is 9.08. The molecule has 2 saturated carbocycles. The Balaban J connectivity index is 1.23. The van der Waals surface area contributed by atoms with E-state index in [-0.39, 0.29) is 11.9 Å². The van der Waals surface area contributed by atoms with Crippen molar-refractivity contribution in [3.63, 3.8) is 0 Å². The molecule has 2 aliphatic carbocycles. The Morgan fingerprint density at radius 1 is 0.933 bits per heavy atom. The van der Waals surface area contributed by atoms with Gasteiger partial charge in [0.15, 0.2) is 0 Å². The summed E-state index contributed by atoms with van der Waals surface area (Å²) in [4.78, 5) is 25.8. The van der Waals surface area contributed by atoms with E-state index < -0.39 is 5.54 Å². The lowest BCUT2D eigenvalue weighted by molar-refractivity contribution is -0.137. The molecule has 1 aromatic heterocycles. The van der Waals surface area contributed by atoms with E-state index in [1.54, 1.807) is 13.0 Å². The first-order valence-electron chi connectivity index (χ1n) is 17.1. The topological polar surface area (TPSA) is 60.3 Å². The number of carbonyl (C=O) groups excluding carboxylic acids is 2.